The summed E-state index contributed by atoms with van der Waals surface area (Å²) in [7, 11) is 0. The first kappa shape index (κ1) is 20.2. The number of anilines is 1. The standard InChI is InChI=1S/C21H15Cl2N3OS/c22-17-8-7-16(12-18(17)23)25-20(27)10-11-28-21-15(13-24)6-9-19(26-21)14-4-2-1-3-5-14/h1-9,12H,10-11H2,(H,25,27). The highest BCUT2D eigenvalue weighted by Gasteiger charge is 2.10. The van der Waals surface area contributed by atoms with E-state index in [1.54, 1.807) is 24.3 Å². The summed E-state index contributed by atoms with van der Waals surface area (Å²) >= 11 is 13.2. The molecular formula is C21H15Cl2N3OS. The van der Waals surface area contributed by atoms with Crippen molar-refractivity contribution in [1.29, 1.82) is 5.26 Å². The van der Waals surface area contributed by atoms with Gasteiger partial charge in [0.1, 0.15) is 11.1 Å². The third-order valence-corrected chi connectivity index (χ3v) is 5.55. The quantitative estimate of drug-likeness (QED) is 0.486. The summed E-state index contributed by atoms with van der Waals surface area (Å²) in [4.78, 5) is 16.7. The number of thioether (sulfide) groups is 1. The number of nitrogens with zero attached hydrogens (tertiary/aromatic N) is 2. The Bertz CT molecular complexity index is 1040. The number of aromatic nitrogens is 1. The molecule has 0 radical (unpaired) electrons. The van der Waals surface area contributed by atoms with Crippen LogP contribution in [0, 0.1) is 11.3 Å². The third-order valence-electron chi connectivity index (χ3n) is 3.82. The lowest BCUT2D eigenvalue weighted by Gasteiger charge is -2.08. The van der Waals surface area contributed by atoms with Gasteiger partial charge in [0.2, 0.25) is 5.91 Å². The van der Waals surface area contributed by atoms with Crippen molar-refractivity contribution in [2.75, 3.05) is 11.1 Å². The highest BCUT2D eigenvalue weighted by atomic mass is 35.5. The fourth-order valence-corrected chi connectivity index (χ4v) is 3.65. The molecule has 1 N–H and O–H groups in total. The fourth-order valence-electron chi connectivity index (χ4n) is 2.44. The van der Waals surface area contributed by atoms with Gasteiger partial charge in [-0.1, -0.05) is 53.5 Å². The molecule has 0 saturated carbocycles. The number of rotatable bonds is 6. The molecule has 0 aliphatic carbocycles. The molecule has 1 amide bonds. The minimum absolute atomic E-state index is 0.149. The molecule has 1 aromatic heterocycles. The maximum Gasteiger partial charge on any atom is 0.225 e. The van der Waals surface area contributed by atoms with E-state index in [0.29, 0.717) is 32.1 Å². The first-order valence-electron chi connectivity index (χ1n) is 8.41. The van der Waals surface area contributed by atoms with Gasteiger partial charge >= 0.3 is 0 Å². The number of halogens is 2. The number of benzene rings is 2. The van der Waals surface area contributed by atoms with E-state index in [1.165, 1.54) is 11.8 Å². The Labute approximate surface area is 177 Å². The van der Waals surface area contributed by atoms with Crippen molar-refractivity contribution >= 4 is 46.6 Å². The number of hydrogen-bond acceptors (Lipinski definition) is 4. The third kappa shape index (κ3) is 5.26. The lowest BCUT2D eigenvalue weighted by atomic mass is 10.1. The van der Waals surface area contributed by atoms with Gasteiger partial charge in [0.15, 0.2) is 0 Å². The highest BCUT2D eigenvalue weighted by Crippen LogP contribution is 2.27. The molecule has 140 valence electrons. The van der Waals surface area contributed by atoms with Gasteiger partial charge in [-0.15, -0.1) is 11.8 Å². The summed E-state index contributed by atoms with van der Waals surface area (Å²) in [6.07, 6.45) is 0.271. The summed E-state index contributed by atoms with van der Waals surface area (Å²) in [6.45, 7) is 0. The minimum atomic E-state index is -0.149. The monoisotopic (exact) mass is 427 g/mol. The largest absolute Gasteiger partial charge is 0.326 e. The van der Waals surface area contributed by atoms with E-state index >= 15 is 0 Å². The molecule has 0 atom stereocenters. The number of carbonyl (C=O) groups excluding carboxylic acids is 1. The molecule has 2 aromatic carbocycles. The Kier molecular flexibility index (Phi) is 6.94. The average Bonchev–Trinajstić information content (AvgIpc) is 2.71. The van der Waals surface area contributed by atoms with Crippen LogP contribution in [-0.4, -0.2) is 16.6 Å². The summed E-state index contributed by atoms with van der Waals surface area (Å²) in [6, 6.07) is 20.4. The van der Waals surface area contributed by atoms with Gasteiger partial charge in [0.25, 0.3) is 0 Å². The van der Waals surface area contributed by atoms with Crippen LogP contribution in [0.15, 0.2) is 65.7 Å². The number of pyridine rings is 1. The number of carbonyl (C=O) groups is 1. The Hall–Kier alpha value is -2.52. The van der Waals surface area contributed by atoms with Gasteiger partial charge in [0.05, 0.1) is 21.3 Å². The molecule has 0 saturated heterocycles. The van der Waals surface area contributed by atoms with E-state index in [4.69, 9.17) is 23.2 Å². The SMILES string of the molecule is N#Cc1ccc(-c2ccccc2)nc1SCCC(=O)Nc1ccc(Cl)c(Cl)c1. The van der Waals surface area contributed by atoms with Crippen LogP contribution in [0.25, 0.3) is 11.3 Å². The predicted molar refractivity (Wildman–Crippen MR) is 115 cm³/mol. The maximum absolute atomic E-state index is 12.2. The molecule has 0 spiro atoms. The molecule has 4 nitrogen and oxygen atoms in total. The van der Waals surface area contributed by atoms with Crippen molar-refractivity contribution < 1.29 is 4.79 Å². The molecule has 0 aliphatic rings. The van der Waals surface area contributed by atoms with Crippen LogP contribution in [0.2, 0.25) is 10.0 Å². The van der Waals surface area contributed by atoms with Crippen LogP contribution >= 0.6 is 35.0 Å². The van der Waals surface area contributed by atoms with Crippen molar-refractivity contribution in [3.63, 3.8) is 0 Å². The van der Waals surface area contributed by atoms with Crippen LogP contribution in [0.4, 0.5) is 5.69 Å². The zero-order chi connectivity index (χ0) is 19.9. The van der Waals surface area contributed by atoms with E-state index in [9.17, 15) is 10.1 Å². The first-order valence-corrected chi connectivity index (χ1v) is 10.2. The summed E-state index contributed by atoms with van der Waals surface area (Å²) in [5.74, 6) is 0.344. The second kappa shape index (κ2) is 9.61. The van der Waals surface area contributed by atoms with Crippen LogP contribution in [0.5, 0.6) is 0 Å². The molecule has 0 fully saturated rings. The molecule has 7 heteroatoms. The van der Waals surface area contributed by atoms with E-state index in [0.717, 1.165) is 11.3 Å². The Balaban J connectivity index is 1.62. The molecule has 28 heavy (non-hydrogen) atoms. The fraction of sp³-hybridized carbons (Fsp3) is 0.0952. The molecule has 0 bridgehead atoms. The van der Waals surface area contributed by atoms with Crippen molar-refractivity contribution in [2.24, 2.45) is 0 Å². The Morgan fingerprint density at radius 2 is 1.86 bits per heavy atom. The van der Waals surface area contributed by atoms with Crippen molar-refractivity contribution in [3.8, 4) is 17.3 Å². The molecule has 0 unspecified atom stereocenters. The maximum atomic E-state index is 12.2. The van der Waals surface area contributed by atoms with Gasteiger partial charge < -0.3 is 5.32 Å². The predicted octanol–water partition coefficient (Wildman–Crippen LogP) is 6.05. The van der Waals surface area contributed by atoms with E-state index in [1.807, 2.05) is 36.4 Å². The van der Waals surface area contributed by atoms with Crippen molar-refractivity contribution in [2.45, 2.75) is 11.4 Å². The highest BCUT2D eigenvalue weighted by molar-refractivity contribution is 7.99. The van der Waals surface area contributed by atoms with Gasteiger partial charge in [-0.2, -0.15) is 5.26 Å². The lowest BCUT2D eigenvalue weighted by molar-refractivity contribution is -0.115. The van der Waals surface area contributed by atoms with Crippen LogP contribution in [-0.2, 0) is 4.79 Å². The minimum Gasteiger partial charge on any atom is -0.326 e. The smallest absolute Gasteiger partial charge is 0.225 e. The van der Waals surface area contributed by atoms with Crippen molar-refractivity contribution in [1.82, 2.24) is 4.98 Å². The zero-order valence-corrected chi connectivity index (χ0v) is 17.0. The molecular weight excluding hydrogens is 413 g/mol. The van der Waals surface area contributed by atoms with Gasteiger partial charge in [-0.3, -0.25) is 4.79 Å². The summed E-state index contributed by atoms with van der Waals surface area (Å²) in [5.41, 5.74) is 2.86. The normalized spacial score (nSPS) is 10.3. The molecule has 1 heterocycles. The van der Waals surface area contributed by atoms with Gasteiger partial charge in [-0.25, -0.2) is 4.98 Å². The van der Waals surface area contributed by atoms with Crippen molar-refractivity contribution in [3.05, 3.63) is 76.3 Å². The molecule has 0 aliphatic heterocycles. The lowest BCUT2D eigenvalue weighted by Crippen LogP contribution is -2.12. The number of amides is 1. The molecule has 3 aromatic rings. The Morgan fingerprint density at radius 3 is 2.57 bits per heavy atom. The van der Waals surface area contributed by atoms with E-state index in [-0.39, 0.29) is 12.3 Å². The van der Waals surface area contributed by atoms with Crippen LogP contribution in [0.3, 0.4) is 0 Å². The number of nitrogens with one attached hydrogen (secondary N) is 1. The zero-order valence-electron chi connectivity index (χ0n) is 14.7. The second-order valence-electron chi connectivity index (χ2n) is 5.80. The van der Waals surface area contributed by atoms with E-state index < -0.39 is 0 Å². The topological polar surface area (TPSA) is 65.8 Å². The first-order chi connectivity index (χ1) is 13.6. The Morgan fingerprint density at radius 1 is 1.07 bits per heavy atom. The van der Waals surface area contributed by atoms with Crippen LogP contribution < -0.4 is 5.32 Å². The van der Waals surface area contributed by atoms with Crippen LogP contribution in [0.1, 0.15) is 12.0 Å². The number of nitriles is 1. The number of hydrogen-bond donors (Lipinski definition) is 1. The summed E-state index contributed by atoms with van der Waals surface area (Å²) in [5, 5.41) is 13.5. The second-order valence-corrected chi connectivity index (χ2v) is 7.70. The molecule has 3 rings (SSSR count). The summed E-state index contributed by atoms with van der Waals surface area (Å²) < 4.78 is 0. The van der Waals surface area contributed by atoms with E-state index in [2.05, 4.69) is 16.4 Å². The average molecular weight is 428 g/mol. The van der Waals surface area contributed by atoms with Gasteiger partial charge in [-0.05, 0) is 30.3 Å². The van der Waals surface area contributed by atoms with Gasteiger partial charge in [0, 0.05) is 23.4 Å².